The molecule has 98 valence electrons. The Morgan fingerprint density at radius 1 is 1.39 bits per heavy atom. The Morgan fingerprint density at radius 3 is 2.72 bits per heavy atom. The molecule has 1 aromatic rings. The summed E-state index contributed by atoms with van der Waals surface area (Å²) in [5.74, 6) is 0.132. The predicted octanol–water partition coefficient (Wildman–Crippen LogP) is 2.06. The molecule has 3 nitrogen and oxygen atoms in total. The zero-order valence-corrected chi connectivity index (χ0v) is 11.8. The number of rotatable bonds is 6. The molecular weight excluding hydrogens is 244 g/mol. The van der Waals surface area contributed by atoms with E-state index in [1.54, 1.807) is 11.9 Å². The second kappa shape index (κ2) is 7.11. The number of benzene rings is 1. The van der Waals surface area contributed by atoms with Crippen LogP contribution in [-0.4, -0.2) is 29.4 Å². The molecule has 0 heterocycles. The number of thiocarbonyl (C=S) groups is 1. The minimum absolute atomic E-state index is 0.132. The number of carbonyl (C=O) groups is 1. The lowest BCUT2D eigenvalue weighted by molar-refractivity contribution is -0.129. The summed E-state index contributed by atoms with van der Waals surface area (Å²) in [7, 11) is 1.79. The van der Waals surface area contributed by atoms with E-state index < -0.39 is 0 Å². The van der Waals surface area contributed by atoms with Crippen molar-refractivity contribution in [1.82, 2.24) is 4.90 Å². The Hall–Kier alpha value is -1.42. The summed E-state index contributed by atoms with van der Waals surface area (Å²) in [6.07, 6.45) is 1.89. The molecule has 0 aliphatic rings. The number of nitrogens with two attached hydrogens (primary N) is 1. The highest BCUT2D eigenvalue weighted by Gasteiger charge is 2.08. The predicted molar refractivity (Wildman–Crippen MR) is 78.5 cm³/mol. The minimum Gasteiger partial charge on any atom is -0.393 e. The van der Waals surface area contributed by atoms with Crippen LogP contribution in [0.25, 0.3) is 0 Å². The number of hydrogen-bond donors (Lipinski definition) is 1. The molecule has 0 aliphatic carbocycles. The molecule has 2 N–H and O–H groups in total. The van der Waals surface area contributed by atoms with Gasteiger partial charge >= 0.3 is 0 Å². The van der Waals surface area contributed by atoms with E-state index >= 15 is 0 Å². The molecule has 0 saturated carbocycles. The lowest BCUT2D eigenvalue weighted by atomic mass is 10.1. The molecule has 1 amide bonds. The highest BCUT2D eigenvalue weighted by molar-refractivity contribution is 7.80. The number of aryl methyl sites for hydroxylation is 2. The third-order valence-electron chi connectivity index (χ3n) is 2.83. The van der Waals surface area contributed by atoms with Gasteiger partial charge < -0.3 is 10.6 Å². The van der Waals surface area contributed by atoms with Gasteiger partial charge in [0.2, 0.25) is 5.91 Å². The van der Waals surface area contributed by atoms with Crippen molar-refractivity contribution in [1.29, 1.82) is 0 Å². The molecule has 0 bridgehead atoms. The maximum absolute atomic E-state index is 11.9. The molecule has 0 aromatic heterocycles. The van der Waals surface area contributed by atoms with Gasteiger partial charge in [-0.2, -0.15) is 0 Å². The van der Waals surface area contributed by atoms with E-state index in [1.807, 2.05) is 6.07 Å². The van der Waals surface area contributed by atoms with Crippen LogP contribution in [-0.2, 0) is 11.2 Å². The van der Waals surface area contributed by atoms with Crippen molar-refractivity contribution in [3.8, 4) is 0 Å². The van der Waals surface area contributed by atoms with E-state index in [9.17, 15) is 4.79 Å². The lowest BCUT2D eigenvalue weighted by Crippen LogP contribution is -2.30. The van der Waals surface area contributed by atoms with Crippen LogP contribution in [0.15, 0.2) is 24.3 Å². The summed E-state index contributed by atoms with van der Waals surface area (Å²) in [6.45, 7) is 2.65. The molecule has 0 saturated heterocycles. The fraction of sp³-hybridized carbons (Fsp3) is 0.429. The Balaban J connectivity index is 2.38. The first-order valence-corrected chi connectivity index (χ1v) is 6.47. The second-order valence-corrected chi connectivity index (χ2v) is 5.05. The fourth-order valence-electron chi connectivity index (χ4n) is 1.71. The van der Waals surface area contributed by atoms with Crippen molar-refractivity contribution >= 4 is 23.1 Å². The van der Waals surface area contributed by atoms with Crippen LogP contribution in [0.4, 0.5) is 0 Å². The monoisotopic (exact) mass is 264 g/mol. The Bertz CT molecular complexity index is 432. The molecule has 0 unspecified atom stereocenters. The molecule has 0 spiro atoms. The van der Waals surface area contributed by atoms with Gasteiger partial charge in [0.1, 0.15) is 0 Å². The summed E-state index contributed by atoms with van der Waals surface area (Å²) in [4.78, 5) is 14.0. The van der Waals surface area contributed by atoms with E-state index in [1.165, 1.54) is 11.1 Å². The van der Waals surface area contributed by atoms with E-state index in [0.29, 0.717) is 24.4 Å². The normalized spacial score (nSPS) is 10.1. The topological polar surface area (TPSA) is 46.3 Å². The smallest absolute Gasteiger partial charge is 0.222 e. The second-order valence-electron chi connectivity index (χ2n) is 4.52. The van der Waals surface area contributed by atoms with Gasteiger partial charge in [0.25, 0.3) is 0 Å². The fourth-order valence-corrected chi connectivity index (χ4v) is 1.80. The molecular formula is C14H20N2OS. The van der Waals surface area contributed by atoms with E-state index in [-0.39, 0.29) is 5.91 Å². The molecule has 4 heteroatoms. The van der Waals surface area contributed by atoms with Gasteiger partial charge in [-0.3, -0.25) is 4.79 Å². The Labute approximate surface area is 114 Å². The summed E-state index contributed by atoms with van der Waals surface area (Å²) in [5, 5.41) is 0. The number of amides is 1. The van der Waals surface area contributed by atoms with E-state index in [2.05, 4.69) is 25.1 Å². The van der Waals surface area contributed by atoms with Gasteiger partial charge in [0.05, 0.1) is 4.99 Å². The molecule has 0 aliphatic heterocycles. The molecule has 1 rings (SSSR count). The number of nitrogens with zero attached hydrogens (tertiary/aromatic N) is 1. The molecule has 0 atom stereocenters. The van der Waals surface area contributed by atoms with Crippen LogP contribution in [0.3, 0.4) is 0 Å². The zero-order valence-electron chi connectivity index (χ0n) is 11.0. The summed E-state index contributed by atoms with van der Waals surface area (Å²) >= 11 is 4.80. The van der Waals surface area contributed by atoms with Crippen LogP contribution < -0.4 is 5.73 Å². The molecule has 0 fully saturated rings. The highest BCUT2D eigenvalue weighted by Crippen LogP contribution is 2.07. The van der Waals surface area contributed by atoms with Crippen LogP contribution in [0, 0.1) is 6.92 Å². The van der Waals surface area contributed by atoms with Crippen LogP contribution in [0.5, 0.6) is 0 Å². The van der Waals surface area contributed by atoms with Crippen molar-refractivity contribution < 1.29 is 4.79 Å². The average molecular weight is 264 g/mol. The van der Waals surface area contributed by atoms with E-state index in [4.69, 9.17) is 18.0 Å². The maximum Gasteiger partial charge on any atom is 0.222 e. The van der Waals surface area contributed by atoms with Gasteiger partial charge in [-0.1, -0.05) is 42.0 Å². The quantitative estimate of drug-likeness (QED) is 0.800. The third kappa shape index (κ3) is 5.27. The SMILES string of the molecule is Cc1cccc(CCC(=O)N(C)CCC(N)=S)c1. The zero-order chi connectivity index (χ0) is 13.5. The first kappa shape index (κ1) is 14.6. The van der Waals surface area contributed by atoms with Gasteiger partial charge in [0.15, 0.2) is 0 Å². The number of hydrogen-bond acceptors (Lipinski definition) is 2. The maximum atomic E-state index is 11.9. The third-order valence-corrected chi connectivity index (χ3v) is 3.03. The van der Waals surface area contributed by atoms with Gasteiger partial charge in [-0.05, 0) is 18.9 Å². The highest BCUT2D eigenvalue weighted by atomic mass is 32.1. The minimum atomic E-state index is 0.132. The average Bonchev–Trinajstić information content (AvgIpc) is 2.33. The van der Waals surface area contributed by atoms with Crippen molar-refractivity contribution in [2.75, 3.05) is 13.6 Å². The largest absolute Gasteiger partial charge is 0.393 e. The van der Waals surface area contributed by atoms with Gasteiger partial charge in [-0.25, -0.2) is 0 Å². The van der Waals surface area contributed by atoms with Crippen LogP contribution >= 0.6 is 12.2 Å². The number of carbonyl (C=O) groups excluding carboxylic acids is 1. The molecule has 0 radical (unpaired) electrons. The van der Waals surface area contributed by atoms with Gasteiger partial charge in [-0.15, -0.1) is 0 Å². The van der Waals surface area contributed by atoms with Crippen molar-refractivity contribution in [3.63, 3.8) is 0 Å². The Kier molecular flexibility index (Phi) is 5.78. The van der Waals surface area contributed by atoms with Crippen molar-refractivity contribution in [3.05, 3.63) is 35.4 Å². The first-order valence-electron chi connectivity index (χ1n) is 6.07. The summed E-state index contributed by atoms with van der Waals surface area (Å²) in [6, 6.07) is 8.24. The molecule has 18 heavy (non-hydrogen) atoms. The van der Waals surface area contributed by atoms with Crippen LogP contribution in [0.2, 0.25) is 0 Å². The van der Waals surface area contributed by atoms with E-state index in [0.717, 1.165) is 6.42 Å². The summed E-state index contributed by atoms with van der Waals surface area (Å²) < 4.78 is 0. The van der Waals surface area contributed by atoms with Gasteiger partial charge in [0, 0.05) is 26.4 Å². The van der Waals surface area contributed by atoms with Crippen molar-refractivity contribution in [2.45, 2.75) is 26.2 Å². The summed E-state index contributed by atoms with van der Waals surface area (Å²) in [5.41, 5.74) is 7.84. The standard InChI is InChI=1S/C14H20N2OS/c1-11-4-3-5-12(10-11)6-7-14(17)16(2)9-8-13(15)18/h3-5,10H,6-9H2,1-2H3,(H2,15,18). The lowest BCUT2D eigenvalue weighted by Gasteiger charge is -2.16. The molecule has 1 aromatic carbocycles. The first-order chi connectivity index (χ1) is 8.49. The van der Waals surface area contributed by atoms with Crippen molar-refractivity contribution in [2.24, 2.45) is 5.73 Å². The Morgan fingerprint density at radius 2 is 2.11 bits per heavy atom. The van der Waals surface area contributed by atoms with Crippen LogP contribution in [0.1, 0.15) is 24.0 Å².